The minimum absolute atomic E-state index is 0.312. The Balaban J connectivity index is -0.000000206. The van der Waals surface area contributed by atoms with Gasteiger partial charge in [-0.2, -0.15) is 9.98 Å². The lowest BCUT2D eigenvalue weighted by Gasteiger charge is -2.06. The minimum atomic E-state index is -5.17. The summed E-state index contributed by atoms with van der Waals surface area (Å²) in [6.45, 7) is 0. The van der Waals surface area contributed by atoms with Crippen LogP contribution in [0.15, 0.2) is 9.98 Å². The lowest BCUT2D eigenvalue weighted by atomic mass is 11.0. The standard InChI is InChI=1S/2C2H6N4O.H2O4S/c2*3-1(4)6-2(5)7;1-5(2,3)4/h2*(H6,3,4,5,6,7);(H2,1,2,3,4)/p-2. The summed E-state index contributed by atoms with van der Waals surface area (Å²) in [5, 5.41) is 0. The largest absolute Gasteiger partial charge is 0.759 e. The molecule has 0 rings (SSSR count). The van der Waals surface area contributed by atoms with E-state index in [9.17, 15) is 9.59 Å². The molecular weight excluding hydrogens is 288 g/mol. The maximum absolute atomic E-state index is 9.68. The highest BCUT2D eigenvalue weighted by molar-refractivity contribution is 7.79. The summed E-state index contributed by atoms with van der Waals surface area (Å²) in [6, 6.07) is -1.75. The first-order valence-electron chi connectivity index (χ1n) is 3.70. The van der Waals surface area contributed by atoms with Crippen molar-refractivity contribution in [3.05, 3.63) is 0 Å². The van der Waals surface area contributed by atoms with Gasteiger partial charge >= 0.3 is 12.1 Å². The van der Waals surface area contributed by atoms with Gasteiger partial charge in [-0.05, 0) is 0 Å². The van der Waals surface area contributed by atoms with Crippen LogP contribution in [0.2, 0.25) is 0 Å². The Morgan fingerprint density at radius 1 is 0.737 bits per heavy atom. The van der Waals surface area contributed by atoms with Crippen LogP contribution in [0.4, 0.5) is 9.59 Å². The first-order valence-corrected chi connectivity index (χ1v) is 5.03. The topological polar surface area (TPSA) is 295 Å². The number of nitrogens with zero attached hydrogens (tertiary/aromatic N) is 2. The maximum atomic E-state index is 9.68. The Labute approximate surface area is 107 Å². The van der Waals surface area contributed by atoms with Crippen molar-refractivity contribution >= 4 is 34.4 Å². The van der Waals surface area contributed by atoms with Crippen LogP contribution in [0.3, 0.4) is 0 Å². The van der Waals surface area contributed by atoms with Crippen molar-refractivity contribution in [2.75, 3.05) is 0 Å². The van der Waals surface area contributed by atoms with Gasteiger partial charge in [-0.15, -0.1) is 0 Å². The number of hydrogen-bond donors (Lipinski definition) is 6. The van der Waals surface area contributed by atoms with Crippen molar-refractivity contribution in [1.82, 2.24) is 0 Å². The predicted molar refractivity (Wildman–Crippen MR) is 61.3 cm³/mol. The van der Waals surface area contributed by atoms with E-state index in [0.717, 1.165) is 0 Å². The molecule has 19 heavy (non-hydrogen) atoms. The number of carbonyl (C=O) groups excluding carboxylic acids is 2. The third kappa shape index (κ3) is 95.6. The van der Waals surface area contributed by atoms with Crippen LogP contribution >= 0.6 is 0 Å². The zero-order valence-corrected chi connectivity index (χ0v) is 10.0. The lowest BCUT2D eigenvalue weighted by Crippen LogP contribution is -2.25. The van der Waals surface area contributed by atoms with E-state index < -0.39 is 22.5 Å². The average Bonchev–Trinajstić information content (AvgIpc) is 1.93. The van der Waals surface area contributed by atoms with E-state index in [0.29, 0.717) is 0 Å². The van der Waals surface area contributed by atoms with E-state index >= 15 is 0 Å². The fraction of sp³-hybridized carbons (Fsp3) is 0. The van der Waals surface area contributed by atoms with Gasteiger partial charge < -0.3 is 43.5 Å². The molecule has 0 bridgehead atoms. The normalized spacial score (nSPS) is 8.53. The van der Waals surface area contributed by atoms with Gasteiger partial charge in [0.1, 0.15) is 0 Å². The molecular formula is C4H12N8O6S-2. The summed E-state index contributed by atoms with van der Waals surface area (Å²) < 4.78 is 34.1. The van der Waals surface area contributed by atoms with Crippen LogP contribution in [-0.4, -0.2) is 41.5 Å². The molecule has 0 atom stereocenters. The predicted octanol–water partition coefficient (Wildman–Crippen LogP) is -4.66. The first kappa shape index (κ1) is 21.6. The van der Waals surface area contributed by atoms with Crippen LogP contribution in [0, 0.1) is 0 Å². The quantitative estimate of drug-likeness (QED) is 0.107. The highest BCUT2D eigenvalue weighted by Crippen LogP contribution is 1.60. The number of nitrogens with two attached hydrogens (primary N) is 6. The molecule has 0 aliphatic heterocycles. The van der Waals surface area contributed by atoms with Crippen molar-refractivity contribution in [3.8, 4) is 0 Å². The molecule has 0 aliphatic carbocycles. The first-order chi connectivity index (χ1) is 8.25. The molecule has 0 aromatic rings. The molecule has 0 heterocycles. The highest BCUT2D eigenvalue weighted by Gasteiger charge is 1.83. The van der Waals surface area contributed by atoms with Gasteiger partial charge in [0.05, 0.1) is 0 Å². The van der Waals surface area contributed by atoms with E-state index in [4.69, 9.17) is 40.5 Å². The summed E-state index contributed by atoms with van der Waals surface area (Å²) in [5.41, 5.74) is 27.9. The van der Waals surface area contributed by atoms with Crippen molar-refractivity contribution in [1.29, 1.82) is 0 Å². The second-order valence-electron chi connectivity index (χ2n) is 2.16. The lowest BCUT2D eigenvalue weighted by molar-refractivity contribution is 0.256. The molecule has 0 spiro atoms. The molecule has 12 N–H and O–H groups in total. The summed E-state index contributed by atoms with van der Waals surface area (Å²) in [6.07, 6.45) is 0. The van der Waals surface area contributed by atoms with E-state index in [1.54, 1.807) is 0 Å². The fourth-order valence-corrected chi connectivity index (χ4v) is 0.254. The van der Waals surface area contributed by atoms with Gasteiger partial charge in [-0.25, -0.2) is 9.59 Å². The van der Waals surface area contributed by atoms with Gasteiger partial charge in [0.25, 0.3) is 0 Å². The van der Waals surface area contributed by atoms with E-state index in [2.05, 4.69) is 21.5 Å². The van der Waals surface area contributed by atoms with Crippen molar-refractivity contribution < 1.29 is 27.1 Å². The Bertz CT molecular complexity index is 410. The van der Waals surface area contributed by atoms with Gasteiger partial charge in [0.2, 0.25) is 0 Å². The molecule has 14 nitrogen and oxygen atoms in total. The monoisotopic (exact) mass is 300 g/mol. The summed E-state index contributed by atoms with van der Waals surface area (Å²) in [5.74, 6) is -0.625. The van der Waals surface area contributed by atoms with Crippen molar-refractivity contribution in [2.45, 2.75) is 0 Å². The SMILES string of the molecule is NC(=O)N=C(N)N.NC(=O)N=C(N)N.O=S(=O)([O-])[O-]. The van der Waals surface area contributed by atoms with Gasteiger partial charge in [0.15, 0.2) is 11.9 Å². The molecule has 0 fully saturated rings. The zero-order chi connectivity index (χ0) is 16.2. The number of primary amides is 2. The molecule has 15 heteroatoms. The van der Waals surface area contributed by atoms with Crippen LogP contribution in [0.5, 0.6) is 0 Å². The maximum Gasteiger partial charge on any atom is 0.341 e. The number of amides is 4. The Morgan fingerprint density at radius 2 is 0.895 bits per heavy atom. The van der Waals surface area contributed by atoms with Gasteiger partial charge in [-0.3, -0.25) is 8.42 Å². The number of aliphatic imine (C=N–C) groups is 2. The second kappa shape index (κ2) is 10.5. The third-order valence-corrected chi connectivity index (χ3v) is 0.479. The molecule has 0 aromatic carbocycles. The molecule has 0 saturated carbocycles. The molecule has 0 saturated heterocycles. The average molecular weight is 300 g/mol. The molecule has 0 unspecified atom stereocenters. The molecule has 0 aromatic heterocycles. The van der Waals surface area contributed by atoms with Gasteiger partial charge in [-0.1, -0.05) is 0 Å². The Kier molecular flexibility index (Phi) is 11.9. The Hall–Kier alpha value is -2.65. The van der Waals surface area contributed by atoms with E-state index in [-0.39, 0.29) is 11.9 Å². The van der Waals surface area contributed by atoms with Gasteiger partial charge in [0, 0.05) is 10.4 Å². The second-order valence-corrected chi connectivity index (χ2v) is 2.97. The molecule has 112 valence electrons. The number of hydrogen-bond acceptors (Lipinski definition) is 6. The van der Waals surface area contributed by atoms with Crippen LogP contribution in [0.1, 0.15) is 0 Å². The third-order valence-electron chi connectivity index (χ3n) is 0.479. The van der Waals surface area contributed by atoms with E-state index in [1.807, 2.05) is 0 Å². The zero-order valence-electron chi connectivity index (χ0n) is 9.22. The fourth-order valence-electron chi connectivity index (χ4n) is 0.254. The molecule has 0 aliphatic rings. The smallest absolute Gasteiger partial charge is 0.341 e. The molecule has 4 amide bonds. The number of rotatable bonds is 0. The summed E-state index contributed by atoms with van der Waals surface area (Å²) >= 11 is 0. The van der Waals surface area contributed by atoms with Crippen molar-refractivity contribution in [3.63, 3.8) is 0 Å². The highest BCUT2D eigenvalue weighted by atomic mass is 32.3. The number of guanidine groups is 2. The molecule has 0 radical (unpaired) electrons. The summed E-state index contributed by atoms with van der Waals surface area (Å²) in [4.78, 5) is 25.1. The van der Waals surface area contributed by atoms with Crippen LogP contribution in [-0.2, 0) is 10.4 Å². The number of carbonyl (C=O) groups is 2. The van der Waals surface area contributed by atoms with Crippen LogP contribution in [0.25, 0.3) is 0 Å². The van der Waals surface area contributed by atoms with E-state index in [1.165, 1.54) is 0 Å². The van der Waals surface area contributed by atoms with Crippen molar-refractivity contribution in [2.24, 2.45) is 44.4 Å². The summed E-state index contributed by atoms with van der Waals surface area (Å²) in [7, 11) is -5.17. The van der Waals surface area contributed by atoms with Crippen LogP contribution < -0.4 is 34.4 Å². The Morgan fingerprint density at radius 3 is 0.895 bits per heavy atom. The minimum Gasteiger partial charge on any atom is -0.759 e. The number of urea groups is 2.